The van der Waals surface area contributed by atoms with Gasteiger partial charge in [-0.3, -0.25) is 14.4 Å². The smallest absolute Gasteiger partial charge is 0.409 e. The lowest BCUT2D eigenvalue weighted by Gasteiger charge is -2.36. The van der Waals surface area contributed by atoms with Crippen LogP contribution in [0.1, 0.15) is 44.3 Å². The number of nitrogens with one attached hydrogen (secondary N) is 2. The van der Waals surface area contributed by atoms with E-state index in [1.165, 1.54) is 7.11 Å². The van der Waals surface area contributed by atoms with Crippen molar-refractivity contribution in [3.05, 3.63) is 82.9 Å². The second-order valence-electron chi connectivity index (χ2n) is 10.2. The van der Waals surface area contributed by atoms with Gasteiger partial charge < -0.3 is 39.8 Å². The van der Waals surface area contributed by atoms with Gasteiger partial charge in [-0.15, -0.1) is 0 Å². The van der Waals surface area contributed by atoms with Crippen molar-refractivity contribution >= 4 is 35.3 Å². The molecule has 0 radical (unpaired) electrons. The molecule has 0 aliphatic carbocycles. The first-order valence-corrected chi connectivity index (χ1v) is 13.7. The van der Waals surface area contributed by atoms with Crippen molar-refractivity contribution in [1.29, 1.82) is 0 Å². The molecule has 3 aromatic rings. The summed E-state index contributed by atoms with van der Waals surface area (Å²) in [4.78, 5) is 54.0. The lowest BCUT2D eigenvalue weighted by atomic mass is 10.0. The predicted octanol–water partition coefficient (Wildman–Crippen LogP) is 3.81. The number of aliphatic carboxylic acids is 1. The second kappa shape index (κ2) is 12.7. The van der Waals surface area contributed by atoms with E-state index in [2.05, 4.69) is 10.6 Å². The first-order valence-electron chi connectivity index (χ1n) is 13.7. The minimum absolute atomic E-state index is 0.0741. The highest BCUT2D eigenvalue weighted by Gasteiger charge is 2.26. The molecule has 3 N–H and O–H groups in total. The van der Waals surface area contributed by atoms with Crippen LogP contribution < -0.4 is 25.0 Å². The van der Waals surface area contributed by atoms with Crippen LogP contribution in [0.5, 0.6) is 11.5 Å². The van der Waals surface area contributed by atoms with Gasteiger partial charge in [0.15, 0.2) is 11.5 Å². The van der Waals surface area contributed by atoms with Gasteiger partial charge in [0.05, 0.1) is 30.9 Å². The number of piperazine rings is 1. The SMILES string of the molecule is COC(=O)N1CCN(c2ccc(C(=O)NC(CC(=O)O)c3ccc(C)cc3)cc2NC(=O)c2ccc3c(c2)OCO3)CC1. The Labute approximate surface area is 248 Å². The standard InChI is InChI=1S/C31H32N4O8/c1-19-3-5-20(6-4-19)23(17-28(36)37)32-29(38)21-7-9-25(34-11-13-35(14-12-34)31(40)41-2)24(15-21)33-30(39)22-8-10-26-27(16-22)43-18-42-26/h3-10,15-16,23H,11-14,17-18H2,1-2H3,(H,32,38)(H,33,39)(H,36,37). The van der Waals surface area contributed by atoms with Gasteiger partial charge in [0.25, 0.3) is 11.8 Å². The molecule has 2 aliphatic rings. The van der Waals surface area contributed by atoms with E-state index in [-0.39, 0.29) is 18.8 Å². The summed E-state index contributed by atoms with van der Waals surface area (Å²) in [5.41, 5.74) is 3.29. The van der Waals surface area contributed by atoms with Crippen molar-refractivity contribution in [3.63, 3.8) is 0 Å². The van der Waals surface area contributed by atoms with E-state index in [0.29, 0.717) is 60.2 Å². The summed E-state index contributed by atoms with van der Waals surface area (Å²) in [5.74, 6) is -0.963. The first-order chi connectivity index (χ1) is 20.7. The molecule has 2 heterocycles. The van der Waals surface area contributed by atoms with Crippen LogP contribution in [0.2, 0.25) is 0 Å². The van der Waals surface area contributed by atoms with Crippen molar-refractivity contribution in [2.75, 3.05) is 50.3 Å². The van der Waals surface area contributed by atoms with E-state index in [1.54, 1.807) is 53.4 Å². The molecule has 224 valence electrons. The minimum atomic E-state index is -1.05. The maximum absolute atomic E-state index is 13.4. The number of methoxy groups -OCH3 is 1. The van der Waals surface area contributed by atoms with Crippen molar-refractivity contribution in [2.24, 2.45) is 0 Å². The summed E-state index contributed by atoms with van der Waals surface area (Å²) in [5, 5.41) is 15.2. The fraction of sp³-hybridized carbons (Fsp3) is 0.290. The summed E-state index contributed by atoms with van der Waals surface area (Å²) in [6.07, 6.45) is -0.710. The molecular weight excluding hydrogens is 556 g/mol. The third kappa shape index (κ3) is 6.80. The lowest BCUT2D eigenvalue weighted by molar-refractivity contribution is -0.137. The van der Waals surface area contributed by atoms with E-state index in [0.717, 1.165) is 5.56 Å². The number of nitrogens with zero attached hydrogens (tertiary/aromatic N) is 2. The molecule has 1 fully saturated rings. The molecule has 2 aliphatic heterocycles. The molecule has 12 nitrogen and oxygen atoms in total. The Hall–Kier alpha value is -5.26. The number of ether oxygens (including phenoxy) is 3. The molecule has 0 bridgehead atoms. The van der Waals surface area contributed by atoms with Gasteiger partial charge in [-0.2, -0.15) is 0 Å². The molecule has 0 aromatic heterocycles. The van der Waals surface area contributed by atoms with Crippen molar-refractivity contribution in [2.45, 2.75) is 19.4 Å². The van der Waals surface area contributed by atoms with Gasteiger partial charge in [-0.25, -0.2) is 4.79 Å². The zero-order valence-corrected chi connectivity index (χ0v) is 23.8. The number of carboxylic acids is 1. The Kier molecular flexibility index (Phi) is 8.65. The number of anilines is 2. The minimum Gasteiger partial charge on any atom is -0.481 e. The predicted molar refractivity (Wildman–Crippen MR) is 157 cm³/mol. The van der Waals surface area contributed by atoms with Crippen LogP contribution in [0.4, 0.5) is 16.2 Å². The Bertz CT molecular complexity index is 1530. The molecule has 1 unspecified atom stereocenters. The fourth-order valence-corrected chi connectivity index (χ4v) is 5.01. The molecular formula is C31H32N4O8. The molecule has 1 saturated heterocycles. The number of carboxylic acid groups (broad SMARTS) is 1. The molecule has 43 heavy (non-hydrogen) atoms. The topological polar surface area (TPSA) is 147 Å². The van der Waals surface area contributed by atoms with E-state index in [1.807, 2.05) is 24.0 Å². The number of carbonyl (C=O) groups is 4. The van der Waals surface area contributed by atoms with Gasteiger partial charge in [-0.05, 0) is 48.9 Å². The Morgan fingerprint density at radius 1 is 0.884 bits per heavy atom. The van der Waals surface area contributed by atoms with Gasteiger partial charge in [0, 0.05) is 37.3 Å². The third-order valence-electron chi connectivity index (χ3n) is 7.36. The summed E-state index contributed by atoms with van der Waals surface area (Å²) in [6, 6.07) is 16.3. The van der Waals surface area contributed by atoms with E-state index < -0.39 is 29.9 Å². The number of aryl methyl sites for hydroxylation is 1. The normalized spacial score (nSPS) is 14.6. The van der Waals surface area contributed by atoms with E-state index in [9.17, 15) is 24.3 Å². The van der Waals surface area contributed by atoms with Gasteiger partial charge in [0.2, 0.25) is 6.79 Å². The van der Waals surface area contributed by atoms with Crippen LogP contribution in [0.3, 0.4) is 0 Å². The van der Waals surface area contributed by atoms with Crippen molar-refractivity contribution in [1.82, 2.24) is 10.2 Å². The quantitative estimate of drug-likeness (QED) is 0.357. The average molecular weight is 589 g/mol. The number of benzene rings is 3. The Morgan fingerprint density at radius 2 is 1.56 bits per heavy atom. The number of hydrogen-bond acceptors (Lipinski definition) is 8. The summed E-state index contributed by atoms with van der Waals surface area (Å²) in [7, 11) is 1.34. The first kappa shape index (κ1) is 29.2. The Morgan fingerprint density at radius 3 is 2.26 bits per heavy atom. The fourth-order valence-electron chi connectivity index (χ4n) is 5.01. The molecule has 3 aromatic carbocycles. The summed E-state index contributed by atoms with van der Waals surface area (Å²) >= 11 is 0. The largest absolute Gasteiger partial charge is 0.481 e. The zero-order chi connectivity index (χ0) is 30.5. The molecule has 0 spiro atoms. The highest BCUT2D eigenvalue weighted by atomic mass is 16.7. The van der Waals surface area contributed by atoms with E-state index >= 15 is 0 Å². The number of fused-ring (bicyclic) bond motifs is 1. The van der Waals surface area contributed by atoms with Crippen LogP contribution in [0.15, 0.2) is 60.7 Å². The molecule has 5 rings (SSSR count). The molecule has 0 saturated carbocycles. The van der Waals surface area contributed by atoms with Gasteiger partial charge in [-0.1, -0.05) is 29.8 Å². The average Bonchev–Trinajstić information content (AvgIpc) is 3.49. The highest BCUT2D eigenvalue weighted by molar-refractivity contribution is 6.07. The van der Waals surface area contributed by atoms with Gasteiger partial charge in [0.1, 0.15) is 0 Å². The lowest BCUT2D eigenvalue weighted by Crippen LogP contribution is -2.49. The third-order valence-corrected chi connectivity index (χ3v) is 7.36. The highest BCUT2D eigenvalue weighted by Crippen LogP contribution is 2.34. The molecule has 1 atom stereocenters. The molecule has 12 heteroatoms. The second-order valence-corrected chi connectivity index (χ2v) is 10.2. The van der Waals surface area contributed by atoms with E-state index in [4.69, 9.17) is 14.2 Å². The number of rotatable bonds is 8. The van der Waals surface area contributed by atoms with Crippen LogP contribution in [0, 0.1) is 6.92 Å². The maximum atomic E-state index is 13.4. The zero-order valence-electron chi connectivity index (χ0n) is 23.8. The van der Waals surface area contributed by atoms with Crippen LogP contribution >= 0.6 is 0 Å². The Balaban J connectivity index is 1.41. The number of amides is 3. The number of carbonyl (C=O) groups excluding carboxylic acids is 3. The van der Waals surface area contributed by atoms with Crippen LogP contribution in [-0.2, 0) is 9.53 Å². The summed E-state index contributed by atoms with van der Waals surface area (Å²) < 4.78 is 15.6. The monoisotopic (exact) mass is 588 g/mol. The molecule has 3 amide bonds. The van der Waals surface area contributed by atoms with Crippen molar-refractivity contribution < 1.29 is 38.5 Å². The van der Waals surface area contributed by atoms with Crippen LogP contribution in [-0.4, -0.2) is 74.0 Å². The van der Waals surface area contributed by atoms with Crippen LogP contribution in [0.25, 0.3) is 0 Å². The summed E-state index contributed by atoms with van der Waals surface area (Å²) in [6.45, 7) is 3.77. The van der Waals surface area contributed by atoms with Gasteiger partial charge >= 0.3 is 12.1 Å². The number of hydrogen-bond donors (Lipinski definition) is 3. The van der Waals surface area contributed by atoms with Crippen molar-refractivity contribution in [3.8, 4) is 11.5 Å². The maximum Gasteiger partial charge on any atom is 0.409 e.